The van der Waals surface area contributed by atoms with Crippen LogP contribution in [0.15, 0.2) is 425 Å². The van der Waals surface area contributed by atoms with Crippen molar-refractivity contribution in [2.24, 2.45) is 0 Å². The molecule has 6 aromatic heterocycles. The number of rotatable bonds is 14. The topological polar surface area (TPSA) is 97.1 Å². The molecule has 24 aromatic rings. The lowest BCUT2D eigenvalue weighted by molar-refractivity contribution is 0.953. The third kappa shape index (κ3) is 11.9. The van der Waals surface area contributed by atoms with E-state index in [9.17, 15) is 0 Å². The minimum absolute atomic E-state index is 0.540. The Labute approximate surface area is 701 Å². The quantitative estimate of drug-likeness (QED) is 0.108. The number of benzene rings is 18. The molecular weight excluding hydrogens is 1490 g/mol. The molecule has 10 heteroatoms. The second-order valence-electron chi connectivity index (χ2n) is 31.4. The molecule has 0 aliphatic heterocycles. The standard InChI is InChI=1S/C112H70N10/c1-5-25-71(26-6-1)86-63-87(72-27-7-2-8-28-72)65-88(64-86)110-114-107(75-30-9-3-10-31-75)115-112(118-110)122-102-46-22-18-42-94(102)98-70-84(56-60-106(98)122)82-54-58-104-96(68-82)92-40-16-20-44-100(92)120(104)90-38-24-35-80(66-90)79-34-23-33-78(61-79)74-47-50-76(51-48-74)108-113-109(85-52-49-73-29-13-14-32-77(73)62-85)117-111(116-108)121-101-45-21-17-41-93(101)97-69-83(55-59-105(97)121)81-53-57-103-95(67-81)91-39-15-19-43-99(91)119(103)89-36-11-4-12-37-89/h1-70H. The fraction of sp³-hybridized carbons (Fsp3) is 0. The Kier molecular flexibility index (Phi) is 16.4. The van der Waals surface area contributed by atoms with E-state index in [2.05, 4.69) is 425 Å². The van der Waals surface area contributed by atoms with Crippen LogP contribution in [0.1, 0.15) is 0 Å². The van der Waals surface area contributed by atoms with Crippen LogP contribution in [-0.2, 0) is 0 Å². The highest BCUT2D eigenvalue weighted by atomic mass is 15.2. The zero-order chi connectivity index (χ0) is 80.3. The molecule has 0 N–H and O–H groups in total. The lowest BCUT2D eigenvalue weighted by atomic mass is 9.96. The lowest BCUT2D eigenvalue weighted by Crippen LogP contribution is -2.06. The maximum absolute atomic E-state index is 5.45. The molecule has 0 bridgehead atoms. The summed E-state index contributed by atoms with van der Waals surface area (Å²) in [6, 6.07) is 152. The van der Waals surface area contributed by atoms with E-state index in [4.69, 9.17) is 29.9 Å². The van der Waals surface area contributed by atoms with Gasteiger partial charge in [-0.1, -0.05) is 297 Å². The number of hydrogen-bond acceptors (Lipinski definition) is 6. The summed E-state index contributed by atoms with van der Waals surface area (Å²) in [5, 5.41) is 11.5. The molecule has 0 amide bonds. The van der Waals surface area contributed by atoms with Crippen molar-refractivity contribution in [1.29, 1.82) is 0 Å². The second kappa shape index (κ2) is 28.7. The van der Waals surface area contributed by atoms with Gasteiger partial charge in [0.05, 0.1) is 44.1 Å². The number of nitrogens with zero attached hydrogens (tertiary/aromatic N) is 10. The summed E-state index contributed by atoms with van der Waals surface area (Å²) in [6.07, 6.45) is 0. The molecule has 122 heavy (non-hydrogen) atoms. The van der Waals surface area contributed by atoms with E-state index in [1.165, 1.54) is 32.6 Å². The van der Waals surface area contributed by atoms with Crippen LogP contribution < -0.4 is 0 Å². The van der Waals surface area contributed by atoms with Crippen molar-refractivity contribution in [3.8, 4) is 136 Å². The van der Waals surface area contributed by atoms with Gasteiger partial charge in [-0.2, -0.15) is 19.9 Å². The van der Waals surface area contributed by atoms with Crippen LogP contribution >= 0.6 is 0 Å². The Balaban J connectivity index is 0.556. The summed E-state index contributed by atoms with van der Waals surface area (Å²) in [4.78, 5) is 32.2. The van der Waals surface area contributed by atoms with Gasteiger partial charge in [-0.25, -0.2) is 9.97 Å². The normalized spacial score (nSPS) is 11.8. The number of hydrogen-bond donors (Lipinski definition) is 0. The van der Waals surface area contributed by atoms with Crippen LogP contribution in [0.3, 0.4) is 0 Å². The molecule has 0 aliphatic rings. The molecule has 24 rings (SSSR count). The van der Waals surface area contributed by atoms with Crippen molar-refractivity contribution in [2.45, 2.75) is 0 Å². The molecule has 0 saturated carbocycles. The van der Waals surface area contributed by atoms with Crippen molar-refractivity contribution in [2.75, 3.05) is 0 Å². The van der Waals surface area contributed by atoms with Crippen molar-refractivity contribution < 1.29 is 0 Å². The summed E-state index contributed by atoms with van der Waals surface area (Å²) >= 11 is 0. The Morgan fingerprint density at radius 3 is 0.893 bits per heavy atom. The number of fused-ring (bicyclic) bond motifs is 13. The van der Waals surface area contributed by atoms with Crippen LogP contribution in [0, 0.1) is 0 Å². The van der Waals surface area contributed by atoms with Crippen LogP contribution in [0.2, 0.25) is 0 Å². The van der Waals surface area contributed by atoms with E-state index < -0.39 is 0 Å². The first-order valence-corrected chi connectivity index (χ1v) is 41.3. The Morgan fingerprint density at radius 1 is 0.131 bits per heavy atom. The largest absolute Gasteiger partial charge is 0.309 e. The minimum Gasteiger partial charge on any atom is -0.309 e. The van der Waals surface area contributed by atoms with E-state index in [1.807, 2.05) is 18.2 Å². The Morgan fingerprint density at radius 2 is 0.410 bits per heavy atom. The molecule has 568 valence electrons. The Hall–Kier alpha value is -16.6. The van der Waals surface area contributed by atoms with Crippen molar-refractivity contribution in [3.05, 3.63) is 425 Å². The second-order valence-corrected chi connectivity index (χ2v) is 31.4. The predicted octanol–water partition coefficient (Wildman–Crippen LogP) is 28.3. The molecule has 0 fully saturated rings. The highest BCUT2D eigenvalue weighted by Gasteiger charge is 2.25. The first-order valence-electron chi connectivity index (χ1n) is 41.3. The SMILES string of the molecule is c1ccc(-c2cc(-c3ccccc3)cc(-c3nc(-c4ccccc4)nc(-n4c5ccccc5c5cc(-c6ccc7c(c6)c6ccccc6n7-c6cccc(-c7cccc(-c8ccc(-c9nc(-c%10ccc%11ccccc%11c%10)nc(-n%10c%11ccccc%11c%11cc(-c%12ccc%13c(c%12)c%12ccccc%12n%13-c%12ccccc%12)ccc%11%10)n9)cc8)c7)c6)ccc54)n3)c2)cc1. The fourth-order valence-electron chi connectivity index (χ4n) is 18.4. The summed E-state index contributed by atoms with van der Waals surface area (Å²) < 4.78 is 9.19. The third-order valence-corrected chi connectivity index (χ3v) is 24.2. The van der Waals surface area contributed by atoms with E-state index in [0.29, 0.717) is 35.2 Å². The van der Waals surface area contributed by atoms with Crippen molar-refractivity contribution >= 4 is 98.0 Å². The Bertz CT molecular complexity index is 8250. The van der Waals surface area contributed by atoms with E-state index in [-0.39, 0.29) is 0 Å². The van der Waals surface area contributed by atoms with Gasteiger partial charge in [0.2, 0.25) is 11.9 Å². The van der Waals surface area contributed by atoms with E-state index >= 15 is 0 Å². The van der Waals surface area contributed by atoms with Crippen molar-refractivity contribution in [1.82, 2.24) is 48.2 Å². The molecule has 6 heterocycles. The average Bonchev–Trinajstić information content (AvgIpc) is 1.59. The molecule has 0 radical (unpaired) electrons. The smallest absolute Gasteiger partial charge is 0.238 e. The highest BCUT2D eigenvalue weighted by Crippen LogP contribution is 2.44. The van der Waals surface area contributed by atoms with Crippen LogP contribution in [0.5, 0.6) is 0 Å². The van der Waals surface area contributed by atoms with Crippen LogP contribution in [0.4, 0.5) is 0 Å². The third-order valence-electron chi connectivity index (χ3n) is 24.2. The summed E-state index contributed by atoms with van der Waals surface area (Å²) in [5.74, 6) is 3.43. The monoisotopic (exact) mass is 1550 g/mol. The van der Waals surface area contributed by atoms with Gasteiger partial charge in [0.1, 0.15) is 0 Å². The molecule has 0 saturated heterocycles. The van der Waals surface area contributed by atoms with E-state index in [0.717, 1.165) is 166 Å². The molecule has 0 unspecified atom stereocenters. The maximum Gasteiger partial charge on any atom is 0.238 e. The van der Waals surface area contributed by atoms with E-state index in [1.54, 1.807) is 0 Å². The summed E-state index contributed by atoms with van der Waals surface area (Å²) in [5.41, 5.74) is 27.7. The minimum atomic E-state index is 0.540. The molecular formula is C112H70N10. The predicted molar refractivity (Wildman–Crippen MR) is 502 cm³/mol. The molecule has 18 aromatic carbocycles. The molecule has 0 aliphatic carbocycles. The number of para-hydroxylation sites is 5. The molecule has 0 atom stereocenters. The van der Waals surface area contributed by atoms with Gasteiger partial charge in [-0.15, -0.1) is 0 Å². The lowest BCUT2D eigenvalue weighted by Gasteiger charge is -2.13. The van der Waals surface area contributed by atoms with Gasteiger partial charge < -0.3 is 9.13 Å². The zero-order valence-corrected chi connectivity index (χ0v) is 65.9. The summed E-state index contributed by atoms with van der Waals surface area (Å²) in [6.45, 7) is 0. The fourth-order valence-corrected chi connectivity index (χ4v) is 18.4. The van der Waals surface area contributed by atoms with Gasteiger partial charge >= 0.3 is 0 Å². The first kappa shape index (κ1) is 69.7. The number of aromatic nitrogens is 10. The highest BCUT2D eigenvalue weighted by molar-refractivity contribution is 6.15. The average molecular weight is 1560 g/mol. The van der Waals surface area contributed by atoms with Gasteiger partial charge in [-0.05, 0) is 205 Å². The van der Waals surface area contributed by atoms with Crippen molar-refractivity contribution in [3.63, 3.8) is 0 Å². The summed E-state index contributed by atoms with van der Waals surface area (Å²) in [7, 11) is 0. The van der Waals surface area contributed by atoms with Gasteiger partial charge in [0.15, 0.2) is 23.3 Å². The van der Waals surface area contributed by atoms with Crippen LogP contribution in [-0.4, -0.2) is 48.2 Å². The van der Waals surface area contributed by atoms with Gasteiger partial charge in [-0.3, -0.25) is 9.13 Å². The molecule has 0 spiro atoms. The van der Waals surface area contributed by atoms with Gasteiger partial charge in [0.25, 0.3) is 0 Å². The van der Waals surface area contributed by atoms with Crippen LogP contribution in [0.25, 0.3) is 234 Å². The zero-order valence-electron chi connectivity index (χ0n) is 65.9. The molecule has 10 nitrogen and oxygen atoms in total. The maximum atomic E-state index is 5.45. The van der Waals surface area contributed by atoms with Gasteiger partial charge in [0, 0.05) is 76.7 Å². The first-order chi connectivity index (χ1) is 60.4.